The third-order valence-corrected chi connectivity index (χ3v) is 3.77. The Morgan fingerprint density at radius 2 is 1.84 bits per heavy atom. The van der Waals surface area contributed by atoms with Crippen LogP contribution in [-0.2, 0) is 4.79 Å². The minimum Gasteiger partial charge on any atom is -0.345 e. The van der Waals surface area contributed by atoms with Crippen LogP contribution >= 0.6 is 0 Å². The van der Waals surface area contributed by atoms with Crippen molar-refractivity contribution in [3.63, 3.8) is 0 Å². The van der Waals surface area contributed by atoms with Gasteiger partial charge < -0.3 is 10.6 Å². The Hall–Kier alpha value is -1.35. The molecule has 0 fully saturated rings. The molecule has 106 valence electrons. The Labute approximate surface area is 116 Å². The first-order valence-corrected chi connectivity index (χ1v) is 7.02. The van der Waals surface area contributed by atoms with Crippen LogP contribution in [0.2, 0.25) is 0 Å². The second-order valence-corrected chi connectivity index (χ2v) is 5.46. The zero-order valence-corrected chi connectivity index (χ0v) is 12.5. The van der Waals surface area contributed by atoms with Gasteiger partial charge in [-0.2, -0.15) is 0 Å². The molecule has 0 heterocycles. The largest absolute Gasteiger partial charge is 0.345 e. The number of carbonyl (C=O) groups excluding carboxylic acids is 1. The zero-order valence-electron chi connectivity index (χ0n) is 12.5. The number of hydrogen-bond acceptors (Lipinski definition) is 2. The van der Waals surface area contributed by atoms with Crippen molar-refractivity contribution in [3.05, 3.63) is 35.9 Å². The maximum absolute atomic E-state index is 12.4. The van der Waals surface area contributed by atoms with E-state index in [1.807, 2.05) is 49.2 Å². The minimum absolute atomic E-state index is 0.122. The quantitative estimate of drug-likeness (QED) is 0.857. The average molecular weight is 262 g/mol. The van der Waals surface area contributed by atoms with Crippen LogP contribution in [-0.4, -0.2) is 24.4 Å². The van der Waals surface area contributed by atoms with E-state index >= 15 is 0 Å². The van der Waals surface area contributed by atoms with E-state index in [-0.39, 0.29) is 17.9 Å². The van der Waals surface area contributed by atoms with Crippen molar-refractivity contribution in [2.24, 2.45) is 17.6 Å². The molecular formula is C16H26N2O. The van der Waals surface area contributed by atoms with Gasteiger partial charge in [0.05, 0.1) is 5.92 Å². The number of hydrogen-bond donors (Lipinski definition) is 1. The van der Waals surface area contributed by atoms with Gasteiger partial charge in [0.1, 0.15) is 0 Å². The van der Waals surface area contributed by atoms with Gasteiger partial charge >= 0.3 is 0 Å². The second kappa shape index (κ2) is 7.29. The zero-order chi connectivity index (χ0) is 14.4. The average Bonchev–Trinajstić information content (AvgIpc) is 2.45. The summed E-state index contributed by atoms with van der Waals surface area (Å²) in [6.07, 6.45) is 1.08. The summed E-state index contributed by atoms with van der Waals surface area (Å²) in [7, 11) is 1.86. The van der Waals surface area contributed by atoms with Crippen LogP contribution < -0.4 is 5.73 Å². The van der Waals surface area contributed by atoms with Crippen LogP contribution in [0.25, 0.3) is 0 Å². The number of nitrogens with zero attached hydrogens (tertiary/aromatic N) is 1. The molecule has 0 aliphatic heterocycles. The molecule has 3 atom stereocenters. The number of nitrogens with two attached hydrogens (primary N) is 1. The highest BCUT2D eigenvalue weighted by molar-refractivity contribution is 5.79. The van der Waals surface area contributed by atoms with Crippen molar-refractivity contribution in [3.8, 4) is 0 Å². The molecular weight excluding hydrogens is 236 g/mol. The molecule has 1 rings (SSSR count). The van der Waals surface area contributed by atoms with Crippen molar-refractivity contribution in [2.45, 2.75) is 33.2 Å². The number of rotatable bonds is 6. The molecule has 3 unspecified atom stereocenters. The van der Waals surface area contributed by atoms with Crippen LogP contribution in [0, 0.1) is 11.8 Å². The number of carbonyl (C=O) groups is 1. The van der Waals surface area contributed by atoms with Crippen LogP contribution in [0.5, 0.6) is 0 Å². The third-order valence-electron chi connectivity index (χ3n) is 3.77. The van der Waals surface area contributed by atoms with Gasteiger partial charge in [0, 0.05) is 19.6 Å². The Kier molecular flexibility index (Phi) is 6.03. The van der Waals surface area contributed by atoms with E-state index in [9.17, 15) is 4.79 Å². The molecule has 3 nitrogen and oxygen atoms in total. The smallest absolute Gasteiger partial charge is 0.227 e. The first-order chi connectivity index (χ1) is 8.97. The standard InChI is InChI=1S/C16H26N2O/c1-5-12(2)11-18(4)16(19)13(3)15(17)14-9-7-6-8-10-14/h6-10,12-13,15H,5,11,17H2,1-4H3. The second-order valence-electron chi connectivity index (χ2n) is 5.46. The van der Waals surface area contributed by atoms with Crippen molar-refractivity contribution in [1.29, 1.82) is 0 Å². The molecule has 0 spiro atoms. The van der Waals surface area contributed by atoms with Gasteiger partial charge in [-0.25, -0.2) is 0 Å². The molecule has 0 saturated carbocycles. The summed E-state index contributed by atoms with van der Waals surface area (Å²) in [6, 6.07) is 9.57. The minimum atomic E-state index is -0.243. The molecule has 1 aromatic carbocycles. The highest BCUT2D eigenvalue weighted by Crippen LogP contribution is 2.21. The lowest BCUT2D eigenvalue weighted by molar-refractivity contribution is -0.134. The lowest BCUT2D eigenvalue weighted by Crippen LogP contribution is -2.39. The van der Waals surface area contributed by atoms with Crippen LogP contribution in [0.1, 0.15) is 38.8 Å². The SMILES string of the molecule is CCC(C)CN(C)C(=O)C(C)C(N)c1ccccc1. The van der Waals surface area contributed by atoms with Gasteiger partial charge in [0.15, 0.2) is 0 Å². The molecule has 0 aromatic heterocycles. The van der Waals surface area contributed by atoms with Gasteiger partial charge in [-0.1, -0.05) is 57.5 Å². The van der Waals surface area contributed by atoms with Gasteiger partial charge in [0.25, 0.3) is 0 Å². The Balaban J connectivity index is 2.66. The monoisotopic (exact) mass is 262 g/mol. The fourth-order valence-corrected chi connectivity index (χ4v) is 2.15. The lowest BCUT2D eigenvalue weighted by Gasteiger charge is -2.27. The van der Waals surface area contributed by atoms with E-state index in [0.29, 0.717) is 5.92 Å². The van der Waals surface area contributed by atoms with Crippen LogP contribution in [0.4, 0.5) is 0 Å². The van der Waals surface area contributed by atoms with Gasteiger partial charge in [0.2, 0.25) is 5.91 Å². The summed E-state index contributed by atoms with van der Waals surface area (Å²) in [5.74, 6) is 0.446. The van der Waals surface area contributed by atoms with Crippen LogP contribution in [0.15, 0.2) is 30.3 Å². The Morgan fingerprint density at radius 1 is 1.26 bits per heavy atom. The molecule has 0 radical (unpaired) electrons. The van der Waals surface area contributed by atoms with E-state index in [1.165, 1.54) is 0 Å². The van der Waals surface area contributed by atoms with Crippen molar-refractivity contribution >= 4 is 5.91 Å². The van der Waals surface area contributed by atoms with Gasteiger partial charge in [-0.15, -0.1) is 0 Å². The van der Waals surface area contributed by atoms with Crippen LogP contribution in [0.3, 0.4) is 0 Å². The van der Waals surface area contributed by atoms with E-state index in [2.05, 4.69) is 13.8 Å². The van der Waals surface area contributed by atoms with E-state index < -0.39 is 0 Å². The summed E-state index contributed by atoms with van der Waals surface area (Å²) in [5, 5.41) is 0. The Bertz CT molecular complexity index is 391. The third kappa shape index (κ3) is 4.35. The highest BCUT2D eigenvalue weighted by Gasteiger charge is 2.25. The predicted octanol–water partition coefficient (Wildman–Crippen LogP) is 2.83. The van der Waals surface area contributed by atoms with Gasteiger partial charge in [-0.3, -0.25) is 4.79 Å². The Morgan fingerprint density at radius 3 is 2.37 bits per heavy atom. The van der Waals surface area contributed by atoms with E-state index in [1.54, 1.807) is 0 Å². The fraction of sp³-hybridized carbons (Fsp3) is 0.562. The topological polar surface area (TPSA) is 46.3 Å². The van der Waals surface area contributed by atoms with Crippen molar-refractivity contribution < 1.29 is 4.79 Å². The summed E-state index contributed by atoms with van der Waals surface area (Å²) >= 11 is 0. The van der Waals surface area contributed by atoms with Gasteiger partial charge in [-0.05, 0) is 11.5 Å². The van der Waals surface area contributed by atoms with Crippen molar-refractivity contribution in [1.82, 2.24) is 4.90 Å². The van der Waals surface area contributed by atoms with E-state index in [0.717, 1.165) is 18.5 Å². The number of amides is 1. The lowest BCUT2D eigenvalue weighted by atomic mass is 9.94. The molecule has 1 amide bonds. The maximum atomic E-state index is 12.4. The molecule has 2 N–H and O–H groups in total. The fourth-order valence-electron chi connectivity index (χ4n) is 2.15. The predicted molar refractivity (Wildman–Crippen MR) is 79.6 cm³/mol. The summed E-state index contributed by atoms with van der Waals surface area (Å²) in [5.41, 5.74) is 7.21. The molecule has 1 aromatic rings. The highest BCUT2D eigenvalue weighted by atomic mass is 16.2. The molecule has 19 heavy (non-hydrogen) atoms. The van der Waals surface area contributed by atoms with E-state index in [4.69, 9.17) is 5.73 Å². The maximum Gasteiger partial charge on any atom is 0.227 e. The van der Waals surface area contributed by atoms with Crippen molar-refractivity contribution in [2.75, 3.05) is 13.6 Å². The molecule has 3 heteroatoms. The molecule has 0 bridgehead atoms. The first-order valence-electron chi connectivity index (χ1n) is 7.02. The first kappa shape index (κ1) is 15.7. The molecule has 0 aliphatic rings. The summed E-state index contributed by atoms with van der Waals surface area (Å²) in [4.78, 5) is 14.2. The number of benzene rings is 1. The molecule has 0 aliphatic carbocycles. The normalized spacial score (nSPS) is 15.6. The summed E-state index contributed by atoms with van der Waals surface area (Å²) in [6.45, 7) is 7.00. The molecule has 0 saturated heterocycles. The summed E-state index contributed by atoms with van der Waals surface area (Å²) < 4.78 is 0.